The SMILES string of the molecule is Nc1cccc(OCCC(F)(F)C(F)(F)C(F)F)c1. The van der Waals surface area contributed by atoms with Gasteiger partial charge in [-0.2, -0.15) is 17.6 Å². The highest BCUT2D eigenvalue weighted by molar-refractivity contribution is 5.43. The van der Waals surface area contributed by atoms with Gasteiger partial charge in [-0.05, 0) is 12.1 Å². The lowest BCUT2D eigenvalue weighted by Gasteiger charge is -2.25. The zero-order valence-electron chi connectivity index (χ0n) is 9.55. The molecular formula is C11H11F6NO. The Labute approximate surface area is 105 Å². The van der Waals surface area contributed by atoms with E-state index in [-0.39, 0.29) is 5.75 Å². The predicted octanol–water partition coefficient (Wildman–Crippen LogP) is 3.57. The molecule has 0 aromatic heterocycles. The summed E-state index contributed by atoms with van der Waals surface area (Å²) in [6.07, 6.45) is -5.96. The van der Waals surface area contributed by atoms with Gasteiger partial charge in [0.05, 0.1) is 13.0 Å². The number of alkyl halides is 6. The molecule has 0 unspecified atom stereocenters. The molecule has 2 N–H and O–H groups in total. The van der Waals surface area contributed by atoms with Crippen LogP contribution in [0.1, 0.15) is 6.42 Å². The number of halogens is 6. The van der Waals surface area contributed by atoms with E-state index in [9.17, 15) is 26.3 Å². The van der Waals surface area contributed by atoms with E-state index in [1.54, 1.807) is 0 Å². The van der Waals surface area contributed by atoms with Gasteiger partial charge in [-0.1, -0.05) is 6.07 Å². The van der Waals surface area contributed by atoms with Crippen molar-refractivity contribution in [3.63, 3.8) is 0 Å². The molecule has 0 aliphatic heterocycles. The minimum Gasteiger partial charge on any atom is -0.493 e. The Morgan fingerprint density at radius 1 is 1.16 bits per heavy atom. The van der Waals surface area contributed by atoms with Crippen molar-refractivity contribution in [1.82, 2.24) is 0 Å². The lowest BCUT2D eigenvalue weighted by molar-refractivity contribution is -0.267. The average molecular weight is 287 g/mol. The summed E-state index contributed by atoms with van der Waals surface area (Å²) in [5, 5.41) is 0. The van der Waals surface area contributed by atoms with Crippen molar-refractivity contribution in [3.05, 3.63) is 24.3 Å². The van der Waals surface area contributed by atoms with E-state index in [1.165, 1.54) is 24.3 Å². The highest BCUT2D eigenvalue weighted by Gasteiger charge is 2.62. The number of ether oxygens (including phenoxy) is 1. The van der Waals surface area contributed by atoms with E-state index in [4.69, 9.17) is 10.5 Å². The van der Waals surface area contributed by atoms with Crippen LogP contribution in [-0.2, 0) is 0 Å². The van der Waals surface area contributed by atoms with Crippen LogP contribution < -0.4 is 10.5 Å². The van der Waals surface area contributed by atoms with Crippen molar-refractivity contribution in [2.24, 2.45) is 0 Å². The largest absolute Gasteiger partial charge is 0.493 e. The Morgan fingerprint density at radius 2 is 1.79 bits per heavy atom. The second-order valence-corrected chi connectivity index (χ2v) is 3.80. The molecule has 0 heterocycles. The Balaban J connectivity index is 2.57. The van der Waals surface area contributed by atoms with Crippen LogP contribution in [0.4, 0.5) is 32.0 Å². The maximum absolute atomic E-state index is 12.9. The Kier molecular flexibility index (Phi) is 4.54. The third kappa shape index (κ3) is 3.68. The second kappa shape index (κ2) is 5.58. The first-order valence-corrected chi connectivity index (χ1v) is 5.19. The fourth-order valence-corrected chi connectivity index (χ4v) is 1.23. The van der Waals surface area contributed by atoms with Crippen LogP contribution in [0.2, 0.25) is 0 Å². The summed E-state index contributed by atoms with van der Waals surface area (Å²) in [5.74, 6) is -10.1. The zero-order valence-corrected chi connectivity index (χ0v) is 9.55. The third-order valence-electron chi connectivity index (χ3n) is 2.30. The maximum atomic E-state index is 12.9. The molecule has 0 atom stereocenters. The molecular weight excluding hydrogens is 276 g/mol. The smallest absolute Gasteiger partial charge is 0.369 e. The molecule has 0 radical (unpaired) electrons. The van der Waals surface area contributed by atoms with Crippen molar-refractivity contribution in [1.29, 1.82) is 0 Å². The van der Waals surface area contributed by atoms with Gasteiger partial charge in [0.25, 0.3) is 0 Å². The number of hydrogen-bond acceptors (Lipinski definition) is 2. The number of nitrogen functional groups attached to an aromatic ring is 1. The first kappa shape index (κ1) is 15.5. The number of hydrogen-bond donors (Lipinski definition) is 1. The minimum absolute atomic E-state index is 0.0937. The molecule has 108 valence electrons. The van der Waals surface area contributed by atoms with Gasteiger partial charge in [0.2, 0.25) is 0 Å². The first-order chi connectivity index (χ1) is 8.67. The molecule has 1 rings (SSSR count). The van der Waals surface area contributed by atoms with Gasteiger partial charge in [-0.25, -0.2) is 8.78 Å². The van der Waals surface area contributed by atoms with Gasteiger partial charge in [-0.3, -0.25) is 0 Å². The van der Waals surface area contributed by atoms with E-state index < -0.39 is 31.3 Å². The molecule has 2 nitrogen and oxygen atoms in total. The molecule has 8 heteroatoms. The molecule has 0 spiro atoms. The second-order valence-electron chi connectivity index (χ2n) is 3.80. The summed E-state index contributed by atoms with van der Waals surface area (Å²) >= 11 is 0. The van der Waals surface area contributed by atoms with Gasteiger partial charge in [0.15, 0.2) is 0 Å². The van der Waals surface area contributed by atoms with Crippen molar-refractivity contribution in [3.8, 4) is 5.75 Å². The summed E-state index contributed by atoms with van der Waals surface area (Å²) < 4.78 is 79.3. The maximum Gasteiger partial charge on any atom is 0.369 e. The van der Waals surface area contributed by atoms with Crippen molar-refractivity contribution >= 4 is 5.69 Å². The van der Waals surface area contributed by atoms with Gasteiger partial charge in [0, 0.05) is 11.8 Å². The molecule has 1 aromatic rings. The number of benzene rings is 1. The molecule has 0 aliphatic rings. The summed E-state index contributed by atoms with van der Waals surface area (Å²) in [5.41, 5.74) is 5.67. The van der Waals surface area contributed by atoms with Crippen molar-refractivity contribution in [2.45, 2.75) is 24.7 Å². The normalized spacial score (nSPS) is 12.8. The predicted molar refractivity (Wildman–Crippen MR) is 56.9 cm³/mol. The Bertz CT molecular complexity index is 423. The molecule has 0 amide bonds. The molecule has 0 fully saturated rings. The van der Waals surface area contributed by atoms with Gasteiger partial charge in [-0.15, -0.1) is 0 Å². The van der Waals surface area contributed by atoms with Crippen molar-refractivity contribution in [2.75, 3.05) is 12.3 Å². The third-order valence-corrected chi connectivity index (χ3v) is 2.30. The van der Waals surface area contributed by atoms with Gasteiger partial charge < -0.3 is 10.5 Å². The van der Waals surface area contributed by atoms with Crippen LogP contribution in [0, 0.1) is 0 Å². The molecule has 0 saturated heterocycles. The van der Waals surface area contributed by atoms with E-state index in [1.807, 2.05) is 0 Å². The van der Waals surface area contributed by atoms with Gasteiger partial charge >= 0.3 is 18.3 Å². The van der Waals surface area contributed by atoms with Crippen molar-refractivity contribution < 1.29 is 31.1 Å². The van der Waals surface area contributed by atoms with Crippen LogP contribution in [0.5, 0.6) is 5.75 Å². The monoisotopic (exact) mass is 287 g/mol. The lowest BCUT2D eigenvalue weighted by Crippen LogP contribution is -2.47. The average Bonchev–Trinajstić information content (AvgIpc) is 2.28. The van der Waals surface area contributed by atoms with E-state index >= 15 is 0 Å². The summed E-state index contributed by atoms with van der Waals surface area (Å²) in [7, 11) is 0. The first-order valence-electron chi connectivity index (χ1n) is 5.19. The number of anilines is 1. The zero-order chi connectivity index (χ0) is 14.7. The fraction of sp³-hybridized carbons (Fsp3) is 0.455. The quantitative estimate of drug-likeness (QED) is 0.641. The Hall–Kier alpha value is -1.60. The van der Waals surface area contributed by atoms with Crippen LogP contribution in [0.3, 0.4) is 0 Å². The summed E-state index contributed by atoms with van der Waals surface area (Å²) in [6.45, 7) is -0.835. The molecule has 19 heavy (non-hydrogen) atoms. The number of nitrogens with two attached hydrogens (primary N) is 1. The summed E-state index contributed by atoms with van der Waals surface area (Å²) in [6, 6.07) is 5.64. The van der Waals surface area contributed by atoms with E-state index in [2.05, 4.69) is 0 Å². The van der Waals surface area contributed by atoms with Crippen LogP contribution >= 0.6 is 0 Å². The summed E-state index contributed by atoms with van der Waals surface area (Å²) in [4.78, 5) is 0. The molecule has 0 bridgehead atoms. The van der Waals surface area contributed by atoms with E-state index in [0.717, 1.165) is 0 Å². The topological polar surface area (TPSA) is 35.2 Å². The molecule has 1 aromatic carbocycles. The lowest BCUT2D eigenvalue weighted by atomic mass is 10.1. The molecule has 0 aliphatic carbocycles. The van der Waals surface area contributed by atoms with Crippen LogP contribution in [0.25, 0.3) is 0 Å². The van der Waals surface area contributed by atoms with Crippen LogP contribution in [-0.4, -0.2) is 24.9 Å². The highest BCUT2D eigenvalue weighted by Crippen LogP contribution is 2.41. The number of rotatable bonds is 6. The van der Waals surface area contributed by atoms with E-state index in [0.29, 0.717) is 5.69 Å². The van der Waals surface area contributed by atoms with Crippen LogP contribution in [0.15, 0.2) is 24.3 Å². The molecule has 0 saturated carbocycles. The van der Waals surface area contributed by atoms with Gasteiger partial charge in [0.1, 0.15) is 5.75 Å². The standard InChI is InChI=1S/C11H11F6NO/c12-9(13)11(16,17)10(14,15)4-5-19-8-3-1-2-7(18)6-8/h1-3,6,9H,4-5,18H2. The Morgan fingerprint density at radius 3 is 2.32 bits per heavy atom. The highest BCUT2D eigenvalue weighted by atomic mass is 19.3. The fourth-order valence-electron chi connectivity index (χ4n) is 1.23. The minimum atomic E-state index is -5.38.